The normalized spacial score (nSPS) is 14.5. The van der Waals surface area contributed by atoms with Crippen molar-refractivity contribution in [1.29, 1.82) is 0 Å². The van der Waals surface area contributed by atoms with Gasteiger partial charge in [-0.3, -0.25) is 0 Å². The second-order valence-electron chi connectivity index (χ2n) is 2.87. The van der Waals surface area contributed by atoms with Crippen LogP contribution in [0.25, 0.3) is 0 Å². The van der Waals surface area contributed by atoms with Crippen LogP contribution in [0, 0.1) is 0 Å². The summed E-state index contributed by atoms with van der Waals surface area (Å²) in [4.78, 5) is 0. The average molecular weight is 288 g/mol. The van der Waals surface area contributed by atoms with Crippen LogP contribution < -0.4 is 0 Å². The zero-order chi connectivity index (χ0) is 8.55. The first kappa shape index (κ1) is 8.52. The van der Waals surface area contributed by atoms with Crippen molar-refractivity contribution in [3.63, 3.8) is 0 Å². The summed E-state index contributed by atoms with van der Waals surface area (Å²) in [5.74, 6) is 0. The molecule has 0 bridgehead atoms. The fraction of sp³-hybridized carbons (Fsp3) is 0.200. The van der Waals surface area contributed by atoms with Crippen LogP contribution in [0.1, 0.15) is 11.1 Å². The van der Waals surface area contributed by atoms with E-state index in [-0.39, 0.29) is 0 Å². The molecule has 0 radical (unpaired) electrons. The zero-order valence-corrected chi connectivity index (χ0v) is 9.65. The Labute approximate surface area is 88.9 Å². The van der Waals surface area contributed by atoms with E-state index in [9.17, 15) is 0 Å². The first-order valence-electron chi connectivity index (χ1n) is 3.90. The molecule has 2 rings (SSSR count). The molecule has 0 saturated heterocycles. The van der Waals surface area contributed by atoms with Crippen LogP contribution in [0.2, 0.25) is 0 Å². The van der Waals surface area contributed by atoms with Crippen molar-refractivity contribution in [3.8, 4) is 0 Å². The Morgan fingerprint density at radius 3 is 1.67 bits per heavy atom. The molecule has 0 unspecified atom stereocenters. The van der Waals surface area contributed by atoms with Crippen LogP contribution in [-0.2, 0) is 12.8 Å². The second kappa shape index (κ2) is 3.35. The molecule has 12 heavy (non-hydrogen) atoms. The Balaban J connectivity index is 2.61. The summed E-state index contributed by atoms with van der Waals surface area (Å²) in [6, 6.07) is 4.20. The van der Waals surface area contributed by atoms with Gasteiger partial charge in [-0.05, 0) is 36.1 Å². The molecule has 1 aliphatic carbocycles. The molecule has 0 spiro atoms. The Bertz CT molecular complexity index is 307. The molecule has 0 aromatic heterocycles. The highest BCUT2D eigenvalue weighted by molar-refractivity contribution is 9.11. The van der Waals surface area contributed by atoms with E-state index in [0.717, 1.165) is 12.8 Å². The summed E-state index contributed by atoms with van der Waals surface area (Å²) in [7, 11) is 0. The number of rotatable bonds is 0. The van der Waals surface area contributed by atoms with Gasteiger partial charge in [-0.15, -0.1) is 0 Å². The van der Waals surface area contributed by atoms with Crippen molar-refractivity contribution in [2.45, 2.75) is 12.8 Å². The number of hydrogen-bond donors (Lipinski definition) is 0. The third-order valence-corrected chi connectivity index (χ3v) is 3.61. The van der Waals surface area contributed by atoms with Crippen LogP contribution in [0.5, 0.6) is 0 Å². The lowest BCUT2D eigenvalue weighted by Gasteiger charge is -2.14. The standard InChI is InChI=1S/C10H8Br2/c11-9-5-6-10(12)8-4-2-1-3-7(8)9/h1-2,5-6H,3-4H2. The minimum atomic E-state index is 1.05. The summed E-state index contributed by atoms with van der Waals surface area (Å²) in [5, 5.41) is 0. The highest BCUT2D eigenvalue weighted by atomic mass is 79.9. The maximum atomic E-state index is 3.56. The van der Waals surface area contributed by atoms with Crippen LogP contribution in [0.15, 0.2) is 33.2 Å². The second-order valence-corrected chi connectivity index (χ2v) is 4.57. The molecular formula is C10H8Br2. The largest absolute Gasteiger partial charge is 0.0837 e. The summed E-state index contributed by atoms with van der Waals surface area (Å²) in [5.41, 5.74) is 2.85. The minimum Gasteiger partial charge on any atom is -0.0837 e. The fourth-order valence-electron chi connectivity index (χ4n) is 1.48. The first-order valence-corrected chi connectivity index (χ1v) is 5.48. The molecule has 0 saturated carbocycles. The van der Waals surface area contributed by atoms with Gasteiger partial charge < -0.3 is 0 Å². The van der Waals surface area contributed by atoms with E-state index in [4.69, 9.17) is 0 Å². The molecule has 0 atom stereocenters. The van der Waals surface area contributed by atoms with Gasteiger partial charge in [-0.2, -0.15) is 0 Å². The van der Waals surface area contributed by atoms with E-state index in [0.29, 0.717) is 0 Å². The third kappa shape index (κ3) is 1.38. The highest BCUT2D eigenvalue weighted by Crippen LogP contribution is 2.30. The maximum Gasteiger partial charge on any atom is 0.0214 e. The van der Waals surface area contributed by atoms with Gasteiger partial charge in [0.1, 0.15) is 0 Å². The Kier molecular flexibility index (Phi) is 2.37. The Hall–Kier alpha value is -0.0800. The zero-order valence-electron chi connectivity index (χ0n) is 6.48. The summed E-state index contributed by atoms with van der Waals surface area (Å²) < 4.78 is 2.45. The Morgan fingerprint density at radius 1 is 0.833 bits per heavy atom. The molecule has 0 fully saturated rings. The summed E-state index contributed by atoms with van der Waals surface area (Å²) in [6.07, 6.45) is 6.55. The van der Waals surface area contributed by atoms with E-state index < -0.39 is 0 Å². The van der Waals surface area contributed by atoms with Crippen LogP contribution in [0.4, 0.5) is 0 Å². The van der Waals surface area contributed by atoms with Gasteiger partial charge in [0, 0.05) is 8.95 Å². The quantitative estimate of drug-likeness (QED) is 0.636. The predicted octanol–water partition coefficient (Wildman–Crippen LogP) is 3.87. The van der Waals surface area contributed by atoms with Gasteiger partial charge in [0.2, 0.25) is 0 Å². The van der Waals surface area contributed by atoms with Crippen LogP contribution >= 0.6 is 31.9 Å². The smallest absolute Gasteiger partial charge is 0.0214 e. The molecule has 0 N–H and O–H groups in total. The lowest BCUT2D eigenvalue weighted by molar-refractivity contribution is 1.07. The minimum absolute atomic E-state index is 1.05. The van der Waals surface area contributed by atoms with E-state index in [2.05, 4.69) is 56.1 Å². The molecule has 2 heteroatoms. The predicted molar refractivity (Wildman–Crippen MR) is 58.4 cm³/mol. The van der Waals surface area contributed by atoms with Crippen molar-refractivity contribution in [2.75, 3.05) is 0 Å². The Morgan fingerprint density at radius 2 is 1.25 bits per heavy atom. The van der Waals surface area contributed by atoms with E-state index >= 15 is 0 Å². The lowest BCUT2D eigenvalue weighted by Crippen LogP contribution is -1.99. The molecule has 1 aromatic rings. The summed E-state index contributed by atoms with van der Waals surface area (Å²) >= 11 is 7.12. The average Bonchev–Trinajstić information content (AvgIpc) is 2.12. The molecule has 62 valence electrons. The monoisotopic (exact) mass is 286 g/mol. The summed E-state index contributed by atoms with van der Waals surface area (Å²) in [6.45, 7) is 0. The van der Waals surface area contributed by atoms with Gasteiger partial charge in [0.15, 0.2) is 0 Å². The molecule has 0 nitrogen and oxygen atoms in total. The van der Waals surface area contributed by atoms with Crippen LogP contribution in [0.3, 0.4) is 0 Å². The molecule has 0 heterocycles. The van der Waals surface area contributed by atoms with Gasteiger partial charge in [-0.1, -0.05) is 44.0 Å². The van der Waals surface area contributed by atoms with Crippen molar-refractivity contribution in [2.24, 2.45) is 0 Å². The van der Waals surface area contributed by atoms with Gasteiger partial charge in [0.25, 0.3) is 0 Å². The SMILES string of the molecule is Brc1ccc(Br)c2c1CC=CC2. The molecule has 1 aromatic carbocycles. The number of allylic oxidation sites excluding steroid dienone is 2. The van der Waals surface area contributed by atoms with Crippen molar-refractivity contribution in [3.05, 3.63) is 44.4 Å². The fourth-order valence-corrected chi connectivity index (χ4v) is 2.55. The van der Waals surface area contributed by atoms with Crippen LogP contribution in [-0.4, -0.2) is 0 Å². The number of benzene rings is 1. The topological polar surface area (TPSA) is 0 Å². The number of fused-ring (bicyclic) bond motifs is 1. The van der Waals surface area contributed by atoms with Gasteiger partial charge in [-0.25, -0.2) is 0 Å². The third-order valence-electron chi connectivity index (χ3n) is 2.13. The number of halogens is 2. The van der Waals surface area contributed by atoms with E-state index in [1.54, 1.807) is 0 Å². The maximum absolute atomic E-state index is 3.56. The van der Waals surface area contributed by atoms with E-state index in [1.165, 1.54) is 20.1 Å². The highest BCUT2D eigenvalue weighted by Gasteiger charge is 2.10. The first-order chi connectivity index (χ1) is 5.79. The lowest BCUT2D eigenvalue weighted by atomic mass is 9.97. The molecule has 0 aliphatic heterocycles. The molecule has 1 aliphatic rings. The van der Waals surface area contributed by atoms with Gasteiger partial charge >= 0.3 is 0 Å². The van der Waals surface area contributed by atoms with Gasteiger partial charge in [0.05, 0.1) is 0 Å². The molecular weight excluding hydrogens is 280 g/mol. The number of hydrogen-bond acceptors (Lipinski definition) is 0. The molecule has 0 amide bonds. The van der Waals surface area contributed by atoms with Crippen molar-refractivity contribution in [1.82, 2.24) is 0 Å². The van der Waals surface area contributed by atoms with Crippen molar-refractivity contribution < 1.29 is 0 Å². The van der Waals surface area contributed by atoms with Crippen molar-refractivity contribution >= 4 is 31.9 Å². The van der Waals surface area contributed by atoms with E-state index in [1.807, 2.05) is 0 Å².